The summed E-state index contributed by atoms with van der Waals surface area (Å²) in [5.41, 5.74) is 26.5. The minimum Gasteiger partial charge on any atom is -0.370 e. The van der Waals surface area contributed by atoms with Gasteiger partial charge in [0.05, 0.1) is 90.5 Å². The van der Waals surface area contributed by atoms with Crippen molar-refractivity contribution in [3.63, 3.8) is 0 Å². The van der Waals surface area contributed by atoms with Crippen molar-refractivity contribution in [1.82, 2.24) is 16.0 Å². The third kappa shape index (κ3) is 11.0. The summed E-state index contributed by atoms with van der Waals surface area (Å²) < 4.78 is 0. The van der Waals surface area contributed by atoms with E-state index in [0.717, 1.165) is 0 Å². The van der Waals surface area contributed by atoms with Crippen LogP contribution in [0.15, 0.2) is 35.3 Å². The van der Waals surface area contributed by atoms with E-state index in [2.05, 4.69) is 20.9 Å². The molecule has 264 valence electrons. The molecule has 30 radical (unpaired) electrons. The van der Waals surface area contributed by atoms with Crippen molar-refractivity contribution in [2.75, 3.05) is 6.54 Å². The highest BCUT2D eigenvalue weighted by molar-refractivity contribution is 6.69. The van der Waals surface area contributed by atoms with Crippen LogP contribution in [0.2, 0.25) is 15.6 Å². The molecule has 0 heterocycles. The highest BCUT2D eigenvalue weighted by atomic mass is 16.2. The van der Waals surface area contributed by atoms with Gasteiger partial charge in [-0.3, -0.25) is 24.2 Å². The minimum absolute atomic E-state index is 0.00843. The summed E-state index contributed by atoms with van der Waals surface area (Å²) in [5.74, 6) is -5.20. The molecule has 0 saturated heterocycles. The van der Waals surface area contributed by atoms with Crippen LogP contribution in [0.25, 0.3) is 0 Å². The second kappa shape index (κ2) is 19.2. The van der Waals surface area contributed by atoms with Gasteiger partial charge in [0.25, 0.3) is 0 Å². The van der Waals surface area contributed by atoms with Gasteiger partial charge in [-0.1, -0.05) is 46.4 Å². The highest BCUT2D eigenvalue weighted by Gasteiger charge is 2.54. The smallest absolute Gasteiger partial charge is 0.243 e. The molecule has 0 aromatic heterocycles. The molecular weight excluding hydrogens is 713 g/mol. The number of hydrogen-bond acceptors (Lipinski definition) is 7. The van der Waals surface area contributed by atoms with Crippen LogP contribution >= 0.6 is 0 Å². The molecule has 2 aromatic carbocycles. The van der Waals surface area contributed by atoms with Crippen molar-refractivity contribution in [1.29, 1.82) is 0 Å². The number of rotatable bonds is 19. The van der Waals surface area contributed by atoms with Gasteiger partial charge in [0.1, 0.15) is 51.3 Å². The van der Waals surface area contributed by atoms with Crippen molar-refractivity contribution in [3.8, 4) is 0 Å². The summed E-state index contributed by atoms with van der Waals surface area (Å²) in [7, 11) is 91.8. The van der Waals surface area contributed by atoms with E-state index in [1.165, 1.54) is 0 Å². The predicted octanol–water partition coefficient (Wildman–Crippen LogP) is -12.0. The lowest BCUT2D eigenvalue weighted by molar-refractivity contribution is -0.134. The first-order valence-electron chi connectivity index (χ1n) is 17.1. The molecule has 0 aliphatic rings. The molecule has 4 atom stereocenters. The highest BCUT2D eigenvalue weighted by Crippen LogP contribution is 2.60. The molecule has 0 aliphatic heterocycles. The molecule has 58 heavy (non-hydrogen) atoms. The van der Waals surface area contributed by atoms with E-state index < -0.39 is 90.5 Å². The van der Waals surface area contributed by atoms with Crippen LogP contribution < -0.4 is 71.9 Å². The monoisotopic (exact) mass is 745 g/mol. The van der Waals surface area contributed by atoms with Gasteiger partial charge in [-0.05, 0) is 30.0 Å². The van der Waals surface area contributed by atoms with Gasteiger partial charge in [-0.2, -0.15) is 0 Å². The van der Waals surface area contributed by atoms with Crippen molar-refractivity contribution in [3.05, 3.63) is 41.5 Å². The van der Waals surface area contributed by atoms with E-state index >= 15 is 0 Å². The van der Waals surface area contributed by atoms with Crippen molar-refractivity contribution in [2.24, 2.45) is 33.7 Å². The van der Waals surface area contributed by atoms with Crippen LogP contribution in [-0.4, -0.2) is 183 Å². The number of hydrogen-bond donors (Lipinski definition) is 8. The molecule has 0 spiro atoms. The molecule has 4 amide bonds. The van der Waals surface area contributed by atoms with E-state index in [-0.39, 0.29) is 48.2 Å². The lowest BCUT2D eigenvalue weighted by Gasteiger charge is -2.63. The van der Waals surface area contributed by atoms with E-state index in [4.69, 9.17) is 146 Å². The standard InChI is InChI=1S/C30H30B15N9O4/c31-14-13(15(32)17(34)18(35)16(14)33)26(36,37)20(24(58)53-19(21(47)55)27(38,39)28(40,41)29(42,43)30(44,45)50)54-23(57)12(7-4-8-51-25(48)49)52-22(56)11(46)9-10-5-2-1-3-6-10/h1-3,5-6,11-12,19-20H,4,7-9,46,50H2,(H2,47,55)(H,52,56)(H,53,58)(H,54,57)(H4,48,49,51)/t11-,12+,19?,20+/m0/s1. The fraction of sp³-hybridized carbons (Fsp3) is 0.433. The number of benzene rings is 2. The third-order valence-corrected chi connectivity index (χ3v) is 9.54. The Hall–Kier alpha value is -3.52. The molecule has 0 aliphatic carbocycles. The number of amides is 4. The van der Waals surface area contributed by atoms with Crippen molar-refractivity contribution >= 4 is 175 Å². The average Bonchev–Trinajstić information content (AvgIpc) is 3.11. The second-order valence-electron chi connectivity index (χ2n) is 14.1. The van der Waals surface area contributed by atoms with Crippen molar-refractivity contribution in [2.45, 2.75) is 69.6 Å². The van der Waals surface area contributed by atoms with Crippen LogP contribution in [0, 0.1) is 0 Å². The van der Waals surface area contributed by atoms with Crippen LogP contribution in [0.5, 0.6) is 0 Å². The summed E-state index contributed by atoms with van der Waals surface area (Å²) in [6.07, 6.45) is -0.0303. The minimum atomic E-state index is -2.99. The SMILES string of the molecule is [B]c1c([B])c([B])c(C([B])([B])[C@H](NC(=O)[C@@H](CCCN=C(N)N)NC(=O)[C@@H](N)Cc2ccccc2)C(=O)NC(C(N)=O)C([B])([B])C([B])([B])C([B])([B])C([B])([B])N)c([B])c1[B]. The average molecular weight is 743 g/mol. The van der Waals surface area contributed by atoms with Crippen LogP contribution in [0.1, 0.15) is 24.0 Å². The van der Waals surface area contributed by atoms with Crippen LogP contribution in [0.4, 0.5) is 0 Å². The lowest BCUT2D eigenvalue weighted by Crippen LogP contribution is -2.70. The number of nitrogens with zero attached hydrogens (tertiary/aromatic N) is 1. The molecule has 0 fully saturated rings. The van der Waals surface area contributed by atoms with E-state index in [9.17, 15) is 19.2 Å². The number of carbonyl (C=O) groups excluding carboxylic acids is 4. The molecule has 0 bridgehead atoms. The summed E-state index contributed by atoms with van der Waals surface area (Å²) >= 11 is 0. The summed E-state index contributed by atoms with van der Waals surface area (Å²) in [4.78, 5) is 58.9. The van der Waals surface area contributed by atoms with Gasteiger partial charge in [-0.25, -0.2) is 0 Å². The number of aliphatic imine (C=N–C) groups is 1. The molecule has 28 heteroatoms. The van der Waals surface area contributed by atoms with Crippen molar-refractivity contribution < 1.29 is 19.2 Å². The zero-order valence-corrected chi connectivity index (χ0v) is 31.7. The number of carbonyl (C=O) groups is 4. The maximum atomic E-state index is 14.4. The van der Waals surface area contributed by atoms with Gasteiger partial charge >= 0.3 is 0 Å². The first kappa shape index (κ1) is 50.6. The summed E-state index contributed by atoms with van der Waals surface area (Å²) in [6.45, 7) is -0.00843. The fourth-order valence-electron chi connectivity index (χ4n) is 5.72. The van der Waals surface area contributed by atoms with E-state index in [0.29, 0.717) is 5.56 Å². The molecule has 2 rings (SSSR count). The maximum Gasteiger partial charge on any atom is 0.243 e. The van der Waals surface area contributed by atoms with Crippen LogP contribution in [-0.2, 0) is 30.8 Å². The normalized spacial score (nSPS) is 14.5. The quantitative estimate of drug-likeness (QED) is 0.0297. The molecular formula is C30H30B15N9O4. The molecule has 2 aromatic rings. The van der Waals surface area contributed by atoms with Gasteiger partial charge in [0.2, 0.25) is 23.6 Å². The predicted molar refractivity (Wildman–Crippen MR) is 241 cm³/mol. The molecule has 1 unspecified atom stereocenters. The molecule has 13 nitrogen and oxygen atoms in total. The number of nitrogens with one attached hydrogen (secondary N) is 3. The Morgan fingerprint density at radius 2 is 1.14 bits per heavy atom. The Balaban J connectivity index is 2.77. The number of nitrogens with two attached hydrogens (primary N) is 5. The van der Waals surface area contributed by atoms with Crippen LogP contribution in [0.3, 0.4) is 0 Å². The van der Waals surface area contributed by atoms with Gasteiger partial charge in [0, 0.05) is 6.54 Å². The van der Waals surface area contributed by atoms with E-state index in [1.54, 1.807) is 30.3 Å². The number of guanidine groups is 1. The summed E-state index contributed by atoms with van der Waals surface area (Å²) in [6, 6.07) is 1.34. The Labute approximate surface area is 359 Å². The fourth-order valence-corrected chi connectivity index (χ4v) is 5.72. The maximum absolute atomic E-state index is 14.4. The zero-order valence-electron chi connectivity index (χ0n) is 31.7. The number of primary amides is 1. The Morgan fingerprint density at radius 3 is 1.60 bits per heavy atom. The van der Waals surface area contributed by atoms with Gasteiger partial charge < -0.3 is 44.6 Å². The second-order valence-corrected chi connectivity index (χ2v) is 14.1. The van der Waals surface area contributed by atoms with E-state index in [1.807, 2.05) is 0 Å². The topological polar surface area (TPSA) is 247 Å². The van der Waals surface area contributed by atoms with Gasteiger partial charge in [0.15, 0.2) is 5.96 Å². The largest absolute Gasteiger partial charge is 0.370 e. The molecule has 13 N–H and O–H groups in total. The Kier molecular flexibility index (Phi) is 16.8. The third-order valence-electron chi connectivity index (χ3n) is 9.54. The molecule has 0 saturated carbocycles. The first-order chi connectivity index (χ1) is 26.4. The first-order valence-corrected chi connectivity index (χ1v) is 17.1. The van der Waals surface area contributed by atoms with Gasteiger partial charge in [-0.15, -0.1) is 37.7 Å². The Morgan fingerprint density at radius 1 is 0.655 bits per heavy atom. The zero-order chi connectivity index (χ0) is 44.9. The lowest BCUT2D eigenvalue weighted by atomic mass is 9.11. The Bertz CT molecular complexity index is 1850. The summed E-state index contributed by atoms with van der Waals surface area (Å²) in [5, 5.41) is -7.25.